The van der Waals surface area contributed by atoms with Gasteiger partial charge in [-0.15, -0.1) is 0 Å². The maximum Gasteiger partial charge on any atom is 0.224 e. The fourth-order valence-electron chi connectivity index (χ4n) is 1.62. The van der Waals surface area contributed by atoms with Gasteiger partial charge in [-0.1, -0.05) is 6.92 Å². The zero-order valence-corrected chi connectivity index (χ0v) is 11.3. The number of aryl methyl sites for hydroxylation is 1. The van der Waals surface area contributed by atoms with Crippen LogP contribution in [-0.4, -0.2) is 16.5 Å². The fraction of sp³-hybridized carbons (Fsp3) is 0.286. The summed E-state index contributed by atoms with van der Waals surface area (Å²) in [7, 11) is 0. The Morgan fingerprint density at radius 2 is 1.90 bits per heavy atom. The second-order valence-corrected chi connectivity index (χ2v) is 4.07. The van der Waals surface area contributed by atoms with Gasteiger partial charge in [-0.2, -0.15) is 4.98 Å². The molecule has 0 amide bonds. The number of nitrogens with one attached hydrogen (secondary N) is 1. The van der Waals surface area contributed by atoms with Crippen molar-refractivity contribution in [2.24, 2.45) is 0 Å². The first-order chi connectivity index (χ1) is 9.62. The molecule has 0 aliphatic heterocycles. The highest BCUT2D eigenvalue weighted by Gasteiger charge is 2.08. The highest BCUT2D eigenvalue weighted by Crippen LogP contribution is 2.23. The average molecular weight is 279 g/mol. The molecule has 1 N–H and O–H groups in total. The van der Waals surface area contributed by atoms with Crippen LogP contribution >= 0.6 is 0 Å². The molecule has 0 saturated heterocycles. The van der Waals surface area contributed by atoms with Crippen LogP contribution in [0.25, 0.3) is 0 Å². The van der Waals surface area contributed by atoms with Gasteiger partial charge in [0.05, 0.1) is 0 Å². The van der Waals surface area contributed by atoms with Crippen molar-refractivity contribution in [2.45, 2.75) is 20.3 Å². The van der Waals surface area contributed by atoms with Crippen LogP contribution in [0.2, 0.25) is 0 Å². The molecule has 1 aromatic carbocycles. The highest BCUT2D eigenvalue weighted by atomic mass is 19.2. The quantitative estimate of drug-likeness (QED) is 0.909. The van der Waals surface area contributed by atoms with Gasteiger partial charge < -0.3 is 10.1 Å². The van der Waals surface area contributed by atoms with E-state index in [4.69, 9.17) is 4.74 Å². The number of benzene rings is 1. The van der Waals surface area contributed by atoms with Crippen LogP contribution in [0.1, 0.15) is 19.7 Å². The minimum atomic E-state index is -0.959. The van der Waals surface area contributed by atoms with Gasteiger partial charge in [0.1, 0.15) is 17.4 Å². The first kappa shape index (κ1) is 14.2. The standard InChI is InChI=1S/C14H15F2N3O/c1-3-12-18-13(17-4-2)8-14(19-12)20-9-5-6-10(15)11(16)7-9/h5-8H,3-4H2,1-2H3,(H,17,18,19). The van der Waals surface area contributed by atoms with Crippen molar-refractivity contribution >= 4 is 5.82 Å². The van der Waals surface area contributed by atoms with E-state index in [0.717, 1.165) is 12.1 Å². The molecule has 1 heterocycles. The van der Waals surface area contributed by atoms with Crippen molar-refractivity contribution in [3.8, 4) is 11.6 Å². The molecular formula is C14H15F2N3O. The van der Waals surface area contributed by atoms with E-state index in [-0.39, 0.29) is 5.75 Å². The van der Waals surface area contributed by atoms with Gasteiger partial charge in [-0.05, 0) is 19.1 Å². The number of ether oxygens (including phenoxy) is 1. The van der Waals surface area contributed by atoms with E-state index in [1.807, 2.05) is 13.8 Å². The van der Waals surface area contributed by atoms with E-state index >= 15 is 0 Å². The molecule has 0 radical (unpaired) electrons. The summed E-state index contributed by atoms with van der Waals surface area (Å²) >= 11 is 0. The first-order valence-corrected chi connectivity index (χ1v) is 6.37. The predicted molar refractivity (Wildman–Crippen MR) is 72.0 cm³/mol. The molecule has 6 heteroatoms. The van der Waals surface area contributed by atoms with Gasteiger partial charge >= 0.3 is 0 Å². The minimum absolute atomic E-state index is 0.187. The topological polar surface area (TPSA) is 47.0 Å². The van der Waals surface area contributed by atoms with Crippen LogP contribution in [0.4, 0.5) is 14.6 Å². The fourth-order valence-corrected chi connectivity index (χ4v) is 1.62. The van der Waals surface area contributed by atoms with E-state index < -0.39 is 11.6 Å². The molecule has 20 heavy (non-hydrogen) atoms. The summed E-state index contributed by atoms with van der Waals surface area (Å²) in [5, 5.41) is 3.06. The summed E-state index contributed by atoms with van der Waals surface area (Å²) in [5.74, 6) is -0.148. The third-order valence-electron chi connectivity index (χ3n) is 2.54. The summed E-state index contributed by atoms with van der Waals surface area (Å²) in [6.07, 6.45) is 0.646. The molecule has 1 aromatic heterocycles. The Labute approximate surface area is 115 Å². The van der Waals surface area contributed by atoms with E-state index in [9.17, 15) is 8.78 Å². The van der Waals surface area contributed by atoms with E-state index in [1.165, 1.54) is 6.07 Å². The summed E-state index contributed by atoms with van der Waals surface area (Å²) in [4.78, 5) is 8.47. The molecule has 0 saturated carbocycles. The second kappa shape index (κ2) is 6.27. The van der Waals surface area contributed by atoms with Crippen LogP contribution in [0.5, 0.6) is 11.6 Å². The highest BCUT2D eigenvalue weighted by molar-refractivity contribution is 5.40. The van der Waals surface area contributed by atoms with Crippen LogP contribution in [0.3, 0.4) is 0 Å². The molecular weight excluding hydrogens is 264 g/mol. The lowest BCUT2D eigenvalue weighted by molar-refractivity contribution is 0.445. The largest absolute Gasteiger partial charge is 0.439 e. The van der Waals surface area contributed by atoms with Gasteiger partial charge in [0.15, 0.2) is 11.6 Å². The number of aromatic nitrogens is 2. The van der Waals surface area contributed by atoms with Crippen molar-refractivity contribution in [1.82, 2.24) is 9.97 Å². The number of rotatable bonds is 5. The second-order valence-electron chi connectivity index (χ2n) is 4.07. The normalized spacial score (nSPS) is 10.4. The van der Waals surface area contributed by atoms with Crippen molar-refractivity contribution < 1.29 is 13.5 Å². The van der Waals surface area contributed by atoms with Gasteiger partial charge in [-0.3, -0.25) is 0 Å². The lowest BCUT2D eigenvalue weighted by Crippen LogP contribution is -2.04. The molecule has 0 atom stereocenters. The maximum atomic E-state index is 13.1. The van der Waals surface area contributed by atoms with Gasteiger partial charge in [-0.25, -0.2) is 13.8 Å². The Morgan fingerprint density at radius 1 is 1.10 bits per heavy atom. The third kappa shape index (κ3) is 3.40. The maximum absolute atomic E-state index is 13.1. The van der Waals surface area contributed by atoms with Gasteiger partial charge in [0.2, 0.25) is 5.88 Å². The third-order valence-corrected chi connectivity index (χ3v) is 2.54. The Balaban J connectivity index is 2.27. The Morgan fingerprint density at radius 3 is 2.55 bits per heavy atom. The zero-order valence-electron chi connectivity index (χ0n) is 11.3. The number of nitrogens with zero attached hydrogens (tertiary/aromatic N) is 2. The minimum Gasteiger partial charge on any atom is -0.439 e. The van der Waals surface area contributed by atoms with Crippen molar-refractivity contribution in [3.63, 3.8) is 0 Å². The molecule has 2 aromatic rings. The summed E-state index contributed by atoms with van der Waals surface area (Å²) < 4.78 is 31.4. The predicted octanol–water partition coefficient (Wildman–Crippen LogP) is 3.54. The Kier molecular flexibility index (Phi) is 4.45. The van der Waals surface area contributed by atoms with Crippen LogP contribution in [0, 0.1) is 11.6 Å². The van der Waals surface area contributed by atoms with Crippen LogP contribution in [-0.2, 0) is 6.42 Å². The molecule has 0 bridgehead atoms. The lowest BCUT2D eigenvalue weighted by Gasteiger charge is -2.09. The van der Waals surface area contributed by atoms with Crippen molar-refractivity contribution in [2.75, 3.05) is 11.9 Å². The molecule has 0 fully saturated rings. The Bertz CT molecular complexity index is 605. The average Bonchev–Trinajstić information content (AvgIpc) is 2.43. The van der Waals surface area contributed by atoms with Crippen molar-refractivity contribution in [1.29, 1.82) is 0 Å². The first-order valence-electron chi connectivity index (χ1n) is 6.37. The molecule has 2 rings (SSSR count). The number of hydrogen-bond donors (Lipinski definition) is 1. The number of anilines is 1. The van der Waals surface area contributed by atoms with Crippen LogP contribution in [0.15, 0.2) is 24.3 Å². The van der Waals surface area contributed by atoms with Crippen molar-refractivity contribution in [3.05, 3.63) is 41.7 Å². The smallest absolute Gasteiger partial charge is 0.224 e. The van der Waals surface area contributed by atoms with Gasteiger partial charge in [0.25, 0.3) is 0 Å². The lowest BCUT2D eigenvalue weighted by atomic mass is 10.3. The summed E-state index contributed by atoms with van der Waals surface area (Å²) in [5.41, 5.74) is 0. The monoisotopic (exact) mass is 279 g/mol. The number of halogens is 2. The molecule has 106 valence electrons. The summed E-state index contributed by atoms with van der Waals surface area (Å²) in [6.45, 7) is 4.58. The molecule has 0 aliphatic rings. The SMILES string of the molecule is CCNc1cc(Oc2ccc(F)c(F)c2)nc(CC)n1. The molecule has 0 spiro atoms. The molecule has 4 nitrogen and oxygen atoms in total. The zero-order chi connectivity index (χ0) is 14.5. The molecule has 0 aliphatic carbocycles. The van der Waals surface area contributed by atoms with E-state index in [1.54, 1.807) is 6.07 Å². The summed E-state index contributed by atoms with van der Waals surface area (Å²) in [6, 6.07) is 4.96. The van der Waals surface area contributed by atoms with Crippen LogP contribution < -0.4 is 10.1 Å². The van der Waals surface area contributed by atoms with E-state index in [2.05, 4.69) is 15.3 Å². The van der Waals surface area contributed by atoms with E-state index in [0.29, 0.717) is 30.5 Å². The Hall–Kier alpha value is -2.24. The molecule has 0 unspecified atom stereocenters. The number of hydrogen-bond acceptors (Lipinski definition) is 4. The van der Waals surface area contributed by atoms with Gasteiger partial charge in [0, 0.05) is 25.1 Å².